The number of aromatic carboxylic acids is 1. The fraction of sp³-hybridized carbons (Fsp3) is 0.150. The third kappa shape index (κ3) is 3.01. The first-order valence-corrected chi connectivity index (χ1v) is 7.78. The fourth-order valence-electron chi connectivity index (χ4n) is 3.14. The van der Waals surface area contributed by atoms with Gasteiger partial charge in [0.25, 0.3) is 0 Å². The average molecular weight is 339 g/mol. The van der Waals surface area contributed by atoms with Gasteiger partial charge in [-0.1, -0.05) is 12.1 Å². The number of hydrogen-bond acceptors (Lipinski definition) is 2. The van der Waals surface area contributed by atoms with E-state index in [1.165, 1.54) is 12.1 Å². The number of hydrogen-bond donors (Lipinski definition) is 2. The zero-order chi connectivity index (χ0) is 18.1. The van der Waals surface area contributed by atoms with Crippen molar-refractivity contribution in [3.8, 4) is 28.0 Å². The van der Waals surface area contributed by atoms with E-state index in [0.29, 0.717) is 11.1 Å². The van der Waals surface area contributed by atoms with Gasteiger partial charge in [-0.2, -0.15) is 0 Å². The van der Waals surface area contributed by atoms with Crippen LogP contribution in [0.15, 0.2) is 42.6 Å². The largest absolute Gasteiger partial charge is 0.497 e. The van der Waals surface area contributed by atoms with E-state index in [0.717, 1.165) is 28.0 Å². The number of carboxylic acid groups (broad SMARTS) is 1. The average Bonchev–Trinajstić information content (AvgIpc) is 2.99. The van der Waals surface area contributed by atoms with Gasteiger partial charge in [0.2, 0.25) is 0 Å². The molecule has 0 fully saturated rings. The van der Waals surface area contributed by atoms with Gasteiger partial charge in [0.05, 0.1) is 7.11 Å². The van der Waals surface area contributed by atoms with E-state index < -0.39 is 5.97 Å². The summed E-state index contributed by atoms with van der Waals surface area (Å²) in [5, 5.41) is 9.60. The molecule has 0 amide bonds. The van der Waals surface area contributed by atoms with E-state index in [-0.39, 0.29) is 11.5 Å². The van der Waals surface area contributed by atoms with E-state index in [1.54, 1.807) is 25.4 Å². The van der Waals surface area contributed by atoms with Crippen molar-refractivity contribution in [3.05, 3.63) is 65.2 Å². The van der Waals surface area contributed by atoms with Crippen LogP contribution in [0.25, 0.3) is 22.3 Å². The third-order valence-electron chi connectivity index (χ3n) is 4.24. The van der Waals surface area contributed by atoms with Gasteiger partial charge < -0.3 is 14.8 Å². The van der Waals surface area contributed by atoms with Gasteiger partial charge in [-0.25, -0.2) is 9.18 Å². The Balaban J connectivity index is 2.30. The number of rotatable bonds is 4. The Labute approximate surface area is 144 Å². The summed E-state index contributed by atoms with van der Waals surface area (Å²) < 4.78 is 18.5. The van der Waals surface area contributed by atoms with Crippen molar-refractivity contribution in [2.45, 2.75) is 13.8 Å². The van der Waals surface area contributed by atoms with Crippen molar-refractivity contribution in [3.63, 3.8) is 0 Å². The fourth-order valence-corrected chi connectivity index (χ4v) is 3.14. The monoisotopic (exact) mass is 339 g/mol. The van der Waals surface area contributed by atoms with Crippen LogP contribution in [0.3, 0.4) is 0 Å². The van der Waals surface area contributed by atoms with E-state index in [1.807, 2.05) is 26.0 Å². The predicted molar refractivity (Wildman–Crippen MR) is 94.6 cm³/mol. The number of carbonyl (C=O) groups is 1. The minimum Gasteiger partial charge on any atom is -0.497 e. The number of aryl methyl sites for hydroxylation is 2. The van der Waals surface area contributed by atoms with Crippen LogP contribution in [0.2, 0.25) is 0 Å². The Morgan fingerprint density at radius 3 is 2.20 bits per heavy atom. The zero-order valence-electron chi connectivity index (χ0n) is 14.2. The molecule has 3 rings (SSSR count). The van der Waals surface area contributed by atoms with Gasteiger partial charge in [-0.3, -0.25) is 0 Å². The van der Waals surface area contributed by atoms with Gasteiger partial charge in [-0.05, 0) is 60.4 Å². The van der Waals surface area contributed by atoms with Crippen molar-refractivity contribution >= 4 is 5.97 Å². The van der Waals surface area contributed by atoms with Crippen LogP contribution in [-0.4, -0.2) is 23.2 Å². The minimum absolute atomic E-state index is 0.107. The molecular formula is C20H18FNO3. The highest BCUT2D eigenvalue weighted by atomic mass is 19.1. The van der Waals surface area contributed by atoms with E-state index in [2.05, 4.69) is 4.98 Å². The summed E-state index contributed by atoms with van der Waals surface area (Å²) in [5.41, 5.74) is 4.80. The lowest BCUT2D eigenvalue weighted by Crippen LogP contribution is -2.01. The highest BCUT2D eigenvalue weighted by Crippen LogP contribution is 2.40. The molecule has 3 aromatic rings. The van der Waals surface area contributed by atoms with Crippen LogP contribution < -0.4 is 4.74 Å². The predicted octanol–water partition coefficient (Wildman–Crippen LogP) is 4.81. The smallest absolute Gasteiger partial charge is 0.352 e. The second-order valence-electron chi connectivity index (χ2n) is 5.90. The van der Waals surface area contributed by atoms with Crippen LogP contribution in [0.4, 0.5) is 4.39 Å². The van der Waals surface area contributed by atoms with E-state index in [9.17, 15) is 14.3 Å². The number of methoxy groups -OCH3 is 1. The molecule has 0 saturated carbocycles. The summed E-state index contributed by atoms with van der Waals surface area (Å²) >= 11 is 0. The second-order valence-corrected chi connectivity index (χ2v) is 5.90. The highest BCUT2D eigenvalue weighted by molar-refractivity contribution is 6.01. The highest BCUT2D eigenvalue weighted by Gasteiger charge is 2.22. The first-order valence-electron chi connectivity index (χ1n) is 7.78. The van der Waals surface area contributed by atoms with Crippen LogP contribution in [0, 0.1) is 19.7 Å². The molecule has 1 heterocycles. The molecule has 2 N–H and O–H groups in total. The van der Waals surface area contributed by atoms with Crippen molar-refractivity contribution in [1.82, 2.24) is 4.98 Å². The molecule has 2 aromatic carbocycles. The quantitative estimate of drug-likeness (QED) is 0.717. The summed E-state index contributed by atoms with van der Waals surface area (Å²) in [4.78, 5) is 14.6. The standard InChI is InChI=1S/C20H18FNO3/c1-11-8-15(25-3)9-12(2)17(11)18-16(10-22-19(18)20(23)24)13-4-6-14(21)7-5-13/h4-10,22H,1-3H3,(H,23,24). The summed E-state index contributed by atoms with van der Waals surface area (Å²) in [6.45, 7) is 3.83. The Kier molecular flexibility index (Phi) is 4.31. The van der Waals surface area contributed by atoms with E-state index >= 15 is 0 Å². The lowest BCUT2D eigenvalue weighted by Gasteiger charge is -2.14. The Hall–Kier alpha value is -3.08. The number of carboxylic acids is 1. The lowest BCUT2D eigenvalue weighted by atomic mass is 9.90. The zero-order valence-corrected chi connectivity index (χ0v) is 14.2. The molecule has 0 radical (unpaired) electrons. The molecule has 0 spiro atoms. The normalized spacial score (nSPS) is 10.7. The maximum Gasteiger partial charge on any atom is 0.352 e. The molecule has 0 aliphatic heterocycles. The van der Waals surface area contributed by atoms with Crippen LogP contribution in [0.5, 0.6) is 5.75 Å². The molecule has 1 aromatic heterocycles. The Morgan fingerprint density at radius 2 is 1.68 bits per heavy atom. The van der Waals surface area contributed by atoms with Gasteiger partial charge in [0.15, 0.2) is 0 Å². The van der Waals surface area contributed by atoms with Gasteiger partial charge in [0, 0.05) is 17.3 Å². The molecule has 128 valence electrons. The minimum atomic E-state index is -1.04. The topological polar surface area (TPSA) is 62.3 Å². The SMILES string of the molecule is COc1cc(C)c(-c2c(-c3ccc(F)cc3)c[nH]c2C(=O)O)c(C)c1. The molecule has 0 saturated heterocycles. The van der Waals surface area contributed by atoms with Crippen LogP contribution in [-0.2, 0) is 0 Å². The molecule has 0 aliphatic carbocycles. The first kappa shape index (κ1) is 16.8. The summed E-state index contributed by atoms with van der Waals surface area (Å²) in [5.74, 6) is -0.663. The summed E-state index contributed by atoms with van der Waals surface area (Å²) in [6, 6.07) is 9.75. The maximum absolute atomic E-state index is 13.3. The number of halogens is 1. The number of ether oxygens (including phenoxy) is 1. The number of H-pyrrole nitrogens is 1. The number of nitrogens with one attached hydrogen (secondary N) is 1. The first-order chi connectivity index (χ1) is 11.9. The lowest BCUT2D eigenvalue weighted by molar-refractivity contribution is 0.0692. The van der Waals surface area contributed by atoms with Gasteiger partial charge in [-0.15, -0.1) is 0 Å². The molecule has 25 heavy (non-hydrogen) atoms. The van der Waals surface area contributed by atoms with Crippen molar-refractivity contribution < 1.29 is 19.0 Å². The molecule has 0 aliphatic rings. The molecule has 0 bridgehead atoms. The third-order valence-corrected chi connectivity index (χ3v) is 4.24. The molecule has 4 nitrogen and oxygen atoms in total. The molecular weight excluding hydrogens is 321 g/mol. The molecule has 0 atom stereocenters. The van der Waals surface area contributed by atoms with Crippen LogP contribution >= 0.6 is 0 Å². The van der Waals surface area contributed by atoms with Crippen molar-refractivity contribution in [1.29, 1.82) is 0 Å². The van der Waals surface area contributed by atoms with Crippen molar-refractivity contribution in [2.24, 2.45) is 0 Å². The second kappa shape index (κ2) is 6.43. The maximum atomic E-state index is 13.3. The summed E-state index contributed by atoms with van der Waals surface area (Å²) in [6.07, 6.45) is 1.65. The Morgan fingerprint density at radius 1 is 1.08 bits per heavy atom. The Bertz CT molecular complexity index is 919. The number of benzene rings is 2. The van der Waals surface area contributed by atoms with Gasteiger partial charge >= 0.3 is 5.97 Å². The molecule has 5 heteroatoms. The molecule has 0 unspecified atom stereocenters. The van der Waals surface area contributed by atoms with E-state index in [4.69, 9.17) is 4.74 Å². The summed E-state index contributed by atoms with van der Waals surface area (Å²) in [7, 11) is 1.59. The number of aromatic nitrogens is 1. The number of aromatic amines is 1. The van der Waals surface area contributed by atoms with Crippen LogP contribution in [0.1, 0.15) is 21.6 Å². The van der Waals surface area contributed by atoms with Crippen molar-refractivity contribution in [2.75, 3.05) is 7.11 Å². The van der Waals surface area contributed by atoms with Gasteiger partial charge in [0.1, 0.15) is 17.3 Å².